The highest BCUT2D eigenvalue weighted by Crippen LogP contribution is 2.30. The van der Waals surface area contributed by atoms with Gasteiger partial charge < -0.3 is 14.8 Å². The van der Waals surface area contributed by atoms with Gasteiger partial charge in [-0.1, -0.05) is 42.0 Å². The lowest BCUT2D eigenvalue weighted by Crippen LogP contribution is -2.40. The van der Waals surface area contributed by atoms with Crippen LogP contribution in [0.5, 0.6) is 11.5 Å². The van der Waals surface area contributed by atoms with Gasteiger partial charge in [0.15, 0.2) is 11.5 Å². The molecule has 0 saturated heterocycles. The lowest BCUT2D eigenvalue weighted by Gasteiger charge is -2.17. The molecule has 4 rings (SSSR count). The number of carbonyl (C=O) groups excluding carboxylic acids is 1. The van der Waals surface area contributed by atoms with Gasteiger partial charge in [-0.15, -0.1) is 0 Å². The number of fused-ring (bicyclic) bond motifs is 1. The second-order valence-electron chi connectivity index (χ2n) is 8.25. The normalized spacial score (nSPS) is 10.9. The Labute approximate surface area is 202 Å². The first-order chi connectivity index (χ1) is 16.9. The van der Waals surface area contributed by atoms with Gasteiger partial charge in [-0.2, -0.15) is 0 Å². The quantitative estimate of drug-likeness (QED) is 0.446. The maximum atomic E-state index is 13.6. The number of carbonyl (C=O) groups is 1. The fraction of sp³-hybridized carbons (Fsp3) is 0.222. The van der Waals surface area contributed by atoms with E-state index in [2.05, 4.69) is 5.32 Å². The molecular formula is C27H27N3O5. The van der Waals surface area contributed by atoms with E-state index in [9.17, 15) is 14.4 Å². The number of hydrogen-bond donors (Lipinski definition) is 1. The zero-order valence-electron chi connectivity index (χ0n) is 20.1. The van der Waals surface area contributed by atoms with Crippen LogP contribution in [0.15, 0.2) is 70.3 Å². The minimum atomic E-state index is -0.439. The molecular weight excluding hydrogens is 446 g/mol. The van der Waals surface area contributed by atoms with Crippen molar-refractivity contribution in [2.75, 3.05) is 21.3 Å². The van der Waals surface area contributed by atoms with E-state index in [1.165, 1.54) is 18.8 Å². The molecule has 180 valence electrons. The van der Waals surface area contributed by atoms with Gasteiger partial charge in [-0.3, -0.25) is 18.7 Å². The zero-order chi connectivity index (χ0) is 25.1. The van der Waals surface area contributed by atoms with Gasteiger partial charge in [0.25, 0.3) is 11.5 Å². The molecule has 0 fully saturated rings. The van der Waals surface area contributed by atoms with Crippen molar-refractivity contribution in [3.8, 4) is 11.5 Å². The third kappa shape index (κ3) is 4.68. The molecule has 0 radical (unpaired) electrons. The van der Waals surface area contributed by atoms with E-state index in [-0.39, 0.29) is 19.0 Å². The SMILES string of the molecule is CNC(=O)c1ccc(Cn2c(=O)c3cc(OC)c(OC)cc3n(Cc3ccc(C)cc3)c2=O)cc1. The Morgan fingerprint density at radius 2 is 1.37 bits per heavy atom. The number of aryl methyl sites for hydroxylation is 1. The van der Waals surface area contributed by atoms with E-state index in [1.807, 2.05) is 31.2 Å². The van der Waals surface area contributed by atoms with Crippen LogP contribution in [0.2, 0.25) is 0 Å². The molecule has 0 aliphatic heterocycles. The summed E-state index contributed by atoms with van der Waals surface area (Å²) >= 11 is 0. The molecule has 1 N–H and O–H groups in total. The lowest BCUT2D eigenvalue weighted by molar-refractivity contribution is 0.0963. The van der Waals surface area contributed by atoms with Crippen LogP contribution in [0, 0.1) is 6.92 Å². The van der Waals surface area contributed by atoms with Crippen LogP contribution in [-0.2, 0) is 13.1 Å². The van der Waals surface area contributed by atoms with Crippen molar-refractivity contribution in [2.45, 2.75) is 20.0 Å². The third-order valence-electron chi connectivity index (χ3n) is 5.98. The van der Waals surface area contributed by atoms with E-state index in [0.717, 1.165) is 16.7 Å². The molecule has 0 aliphatic carbocycles. The van der Waals surface area contributed by atoms with E-state index in [4.69, 9.17) is 9.47 Å². The Kier molecular flexibility index (Phi) is 6.73. The molecule has 8 nitrogen and oxygen atoms in total. The summed E-state index contributed by atoms with van der Waals surface area (Å²) in [6, 6.07) is 18.0. The molecule has 35 heavy (non-hydrogen) atoms. The number of benzene rings is 3. The maximum absolute atomic E-state index is 13.6. The Balaban J connectivity index is 1.90. The summed E-state index contributed by atoms with van der Waals surface area (Å²) in [6.45, 7) is 2.34. The van der Waals surface area contributed by atoms with Crippen molar-refractivity contribution in [1.82, 2.24) is 14.5 Å². The number of ether oxygens (including phenoxy) is 2. The Bertz CT molecular complexity index is 1500. The Morgan fingerprint density at radius 1 is 0.829 bits per heavy atom. The molecule has 1 amide bonds. The topological polar surface area (TPSA) is 91.6 Å². The van der Waals surface area contributed by atoms with Crippen molar-refractivity contribution in [1.29, 1.82) is 0 Å². The number of amides is 1. The van der Waals surface area contributed by atoms with Crippen LogP contribution in [-0.4, -0.2) is 36.3 Å². The first-order valence-corrected chi connectivity index (χ1v) is 11.1. The fourth-order valence-corrected chi connectivity index (χ4v) is 4.00. The Hall–Kier alpha value is -4.33. The molecule has 0 unspecified atom stereocenters. The summed E-state index contributed by atoms with van der Waals surface area (Å²) in [5.74, 6) is 0.624. The summed E-state index contributed by atoms with van der Waals surface area (Å²) in [5.41, 5.74) is 2.85. The van der Waals surface area contributed by atoms with Gasteiger partial charge in [0.2, 0.25) is 0 Å². The molecule has 0 aliphatic rings. The highest BCUT2D eigenvalue weighted by molar-refractivity contribution is 5.93. The highest BCUT2D eigenvalue weighted by Gasteiger charge is 2.18. The van der Waals surface area contributed by atoms with Crippen molar-refractivity contribution < 1.29 is 14.3 Å². The second-order valence-corrected chi connectivity index (χ2v) is 8.25. The van der Waals surface area contributed by atoms with Gasteiger partial charge in [0.1, 0.15) is 0 Å². The van der Waals surface area contributed by atoms with Crippen LogP contribution in [0.25, 0.3) is 10.9 Å². The number of hydrogen-bond acceptors (Lipinski definition) is 5. The highest BCUT2D eigenvalue weighted by atomic mass is 16.5. The molecule has 0 atom stereocenters. The number of nitrogens with one attached hydrogen (secondary N) is 1. The average Bonchev–Trinajstić information content (AvgIpc) is 2.89. The van der Waals surface area contributed by atoms with Gasteiger partial charge in [0.05, 0.1) is 38.2 Å². The molecule has 0 bridgehead atoms. The second kappa shape index (κ2) is 9.89. The smallest absolute Gasteiger partial charge is 0.332 e. The average molecular weight is 474 g/mol. The zero-order valence-corrected chi connectivity index (χ0v) is 20.1. The molecule has 0 saturated carbocycles. The fourth-order valence-electron chi connectivity index (χ4n) is 4.00. The van der Waals surface area contributed by atoms with Crippen LogP contribution < -0.4 is 26.0 Å². The van der Waals surface area contributed by atoms with Crippen LogP contribution in [0.4, 0.5) is 0 Å². The summed E-state index contributed by atoms with van der Waals surface area (Å²) in [7, 11) is 4.57. The van der Waals surface area contributed by atoms with E-state index >= 15 is 0 Å². The van der Waals surface area contributed by atoms with Gasteiger partial charge in [-0.25, -0.2) is 4.79 Å². The first kappa shape index (κ1) is 23.8. The number of methoxy groups -OCH3 is 2. The van der Waals surface area contributed by atoms with Crippen LogP contribution in [0.1, 0.15) is 27.0 Å². The first-order valence-electron chi connectivity index (χ1n) is 11.1. The summed E-state index contributed by atoms with van der Waals surface area (Å²) in [4.78, 5) is 39.0. The lowest BCUT2D eigenvalue weighted by atomic mass is 10.1. The molecule has 3 aromatic carbocycles. The largest absolute Gasteiger partial charge is 0.493 e. The van der Waals surface area contributed by atoms with Crippen molar-refractivity contribution in [3.05, 3.63) is 104 Å². The van der Waals surface area contributed by atoms with Gasteiger partial charge >= 0.3 is 5.69 Å². The van der Waals surface area contributed by atoms with Crippen LogP contribution >= 0.6 is 0 Å². The van der Waals surface area contributed by atoms with Crippen molar-refractivity contribution >= 4 is 16.8 Å². The molecule has 1 aromatic heterocycles. The minimum absolute atomic E-state index is 0.0594. The number of nitrogens with zero attached hydrogens (tertiary/aromatic N) is 2. The minimum Gasteiger partial charge on any atom is -0.493 e. The monoisotopic (exact) mass is 473 g/mol. The van der Waals surface area contributed by atoms with Crippen LogP contribution in [0.3, 0.4) is 0 Å². The summed E-state index contributed by atoms with van der Waals surface area (Å²) < 4.78 is 13.6. The Morgan fingerprint density at radius 3 is 1.94 bits per heavy atom. The predicted octanol–water partition coefficient (Wildman–Crippen LogP) is 2.95. The molecule has 1 heterocycles. The third-order valence-corrected chi connectivity index (χ3v) is 5.98. The van der Waals surface area contributed by atoms with E-state index < -0.39 is 11.2 Å². The predicted molar refractivity (Wildman–Crippen MR) is 135 cm³/mol. The molecule has 4 aromatic rings. The van der Waals surface area contributed by atoms with E-state index in [0.29, 0.717) is 28.0 Å². The standard InChI is InChI=1S/C27H27N3O5/c1-17-5-7-18(8-6-17)15-29-22-14-24(35-4)23(34-3)13-21(22)26(32)30(27(29)33)16-19-9-11-20(12-10-19)25(31)28-2/h5-14H,15-16H2,1-4H3,(H,28,31). The maximum Gasteiger partial charge on any atom is 0.332 e. The number of rotatable bonds is 7. The summed E-state index contributed by atoms with van der Waals surface area (Å²) in [5, 5.41) is 2.92. The van der Waals surface area contributed by atoms with E-state index in [1.54, 1.807) is 48.0 Å². The van der Waals surface area contributed by atoms with Gasteiger partial charge in [-0.05, 0) is 36.2 Å². The molecule has 8 heteroatoms. The van der Waals surface area contributed by atoms with Gasteiger partial charge in [0, 0.05) is 18.7 Å². The molecule has 0 spiro atoms. The number of aromatic nitrogens is 2. The summed E-state index contributed by atoms with van der Waals surface area (Å²) in [6.07, 6.45) is 0. The van der Waals surface area contributed by atoms with Crippen molar-refractivity contribution in [3.63, 3.8) is 0 Å². The van der Waals surface area contributed by atoms with Crippen molar-refractivity contribution in [2.24, 2.45) is 0 Å².